The SMILES string of the molecule is Brc1[c-]c(-c2c(Br)cccc2Br)ccc1.[Li+]. The Hall–Kier alpha value is 0.477. The Morgan fingerprint density at radius 1 is 0.812 bits per heavy atom. The van der Waals surface area contributed by atoms with E-state index in [1.165, 1.54) is 0 Å². The predicted molar refractivity (Wildman–Crippen MR) is 73.8 cm³/mol. The van der Waals surface area contributed by atoms with Crippen molar-refractivity contribution in [3.05, 3.63) is 55.9 Å². The Balaban J connectivity index is 0.00000128. The number of hydrogen-bond donors (Lipinski definition) is 0. The molecule has 0 bridgehead atoms. The summed E-state index contributed by atoms with van der Waals surface area (Å²) >= 11 is 10.5. The Bertz CT molecular complexity index is 477. The minimum absolute atomic E-state index is 0. The van der Waals surface area contributed by atoms with E-state index >= 15 is 0 Å². The van der Waals surface area contributed by atoms with Crippen LogP contribution in [0.25, 0.3) is 11.1 Å². The van der Waals surface area contributed by atoms with Crippen LogP contribution < -0.4 is 18.9 Å². The molecule has 0 N–H and O–H groups in total. The maximum absolute atomic E-state index is 3.54. The van der Waals surface area contributed by atoms with Crippen LogP contribution in [0.15, 0.2) is 49.8 Å². The van der Waals surface area contributed by atoms with Gasteiger partial charge in [-0.15, -0.1) is 29.8 Å². The molecule has 0 aliphatic heterocycles. The summed E-state index contributed by atoms with van der Waals surface area (Å²) in [6, 6.07) is 15.3. The molecule has 0 saturated carbocycles. The molecule has 76 valence electrons. The number of halogens is 3. The van der Waals surface area contributed by atoms with E-state index in [0.29, 0.717) is 0 Å². The van der Waals surface area contributed by atoms with Gasteiger partial charge in [-0.2, -0.15) is 0 Å². The second-order valence-corrected chi connectivity index (χ2v) is 5.57. The average molecular weight is 397 g/mol. The van der Waals surface area contributed by atoms with Crippen LogP contribution in [0.5, 0.6) is 0 Å². The molecule has 16 heavy (non-hydrogen) atoms. The fourth-order valence-electron chi connectivity index (χ4n) is 1.34. The van der Waals surface area contributed by atoms with Gasteiger partial charge in [0.15, 0.2) is 0 Å². The summed E-state index contributed by atoms with van der Waals surface area (Å²) in [6.07, 6.45) is 0. The molecule has 0 unspecified atom stereocenters. The van der Waals surface area contributed by atoms with Gasteiger partial charge in [0.1, 0.15) is 0 Å². The molecule has 0 amide bonds. The van der Waals surface area contributed by atoms with E-state index < -0.39 is 0 Å². The molecule has 0 aromatic heterocycles. The molecule has 2 aromatic carbocycles. The van der Waals surface area contributed by atoms with Crippen LogP contribution in [0.3, 0.4) is 0 Å². The van der Waals surface area contributed by atoms with Gasteiger partial charge >= 0.3 is 18.9 Å². The van der Waals surface area contributed by atoms with Gasteiger partial charge in [0.2, 0.25) is 0 Å². The van der Waals surface area contributed by atoms with E-state index in [9.17, 15) is 0 Å². The molecule has 2 aromatic rings. The van der Waals surface area contributed by atoms with Crippen LogP contribution in [-0.4, -0.2) is 0 Å². The first-order valence-electron chi connectivity index (χ1n) is 4.30. The van der Waals surface area contributed by atoms with Gasteiger partial charge < -0.3 is 0 Å². The molecule has 2 rings (SSSR count). The Morgan fingerprint density at radius 2 is 1.38 bits per heavy atom. The molecule has 0 aliphatic carbocycles. The van der Waals surface area contributed by atoms with Crippen LogP contribution in [-0.2, 0) is 0 Å². The number of hydrogen-bond acceptors (Lipinski definition) is 0. The third-order valence-electron chi connectivity index (χ3n) is 1.99. The smallest absolute Gasteiger partial charge is 0.144 e. The van der Waals surface area contributed by atoms with E-state index in [4.69, 9.17) is 0 Å². The first-order chi connectivity index (χ1) is 7.18. The minimum Gasteiger partial charge on any atom is -0.144 e. The van der Waals surface area contributed by atoms with Crippen molar-refractivity contribution >= 4 is 47.8 Å². The Labute approximate surface area is 132 Å². The van der Waals surface area contributed by atoms with Gasteiger partial charge in [0, 0.05) is 0 Å². The fourth-order valence-corrected chi connectivity index (χ4v) is 3.13. The van der Waals surface area contributed by atoms with Gasteiger partial charge in [-0.25, -0.2) is 0 Å². The van der Waals surface area contributed by atoms with Gasteiger partial charge in [0.25, 0.3) is 0 Å². The van der Waals surface area contributed by atoms with Gasteiger partial charge in [-0.1, -0.05) is 76.0 Å². The summed E-state index contributed by atoms with van der Waals surface area (Å²) in [5.74, 6) is 0. The van der Waals surface area contributed by atoms with Crippen LogP contribution in [0, 0.1) is 6.07 Å². The topological polar surface area (TPSA) is 0 Å². The van der Waals surface area contributed by atoms with E-state index in [2.05, 4.69) is 53.9 Å². The zero-order valence-corrected chi connectivity index (χ0v) is 13.4. The number of rotatable bonds is 1. The van der Waals surface area contributed by atoms with E-state index in [0.717, 1.165) is 24.5 Å². The molecule has 0 fully saturated rings. The zero-order chi connectivity index (χ0) is 10.8. The van der Waals surface area contributed by atoms with Crippen molar-refractivity contribution in [2.75, 3.05) is 0 Å². The maximum Gasteiger partial charge on any atom is 1.00 e. The molecule has 0 nitrogen and oxygen atoms in total. The molecular formula is C12H6Br3Li. The summed E-state index contributed by atoms with van der Waals surface area (Å²) in [7, 11) is 0. The third kappa shape index (κ3) is 3.24. The third-order valence-corrected chi connectivity index (χ3v) is 3.78. The van der Waals surface area contributed by atoms with Crippen molar-refractivity contribution in [3.8, 4) is 11.1 Å². The minimum atomic E-state index is 0. The van der Waals surface area contributed by atoms with E-state index in [1.807, 2.05) is 36.4 Å². The van der Waals surface area contributed by atoms with Gasteiger partial charge in [-0.05, 0) is 8.95 Å². The predicted octanol–water partition coefficient (Wildman–Crippen LogP) is 2.45. The van der Waals surface area contributed by atoms with Crippen LogP contribution in [0.2, 0.25) is 0 Å². The second kappa shape index (κ2) is 6.42. The molecule has 0 atom stereocenters. The normalized spacial score (nSPS) is 9.69. The molecule has 0 aliphatic rings. The standard InChI is InChI=1S/C12H6Br3.Li/c13-9-4-1-3-8(7-9)12-10(14)5-2-6-11(12)15;/h1-6H;/q-1;+1. The first-order valence-corrected chi connectivity index (χ1v) is 6.68. The van der Waals surface area contributed by atoms with Crippen LogP contribution >= 0.6 is 47.8 Å². The van der Waals surface area contributed by atoms with Crippen molar-refractivity contribution in [1.82, 2.24) is 0 Å². The van der Waals surface area contributed by atoms with Crippen molar-refractivity contribution in [1.29, 1.82) is 0 Å². The molecule has 0 saturated heterocycles. The average Bonchev–Trinajstić information content (AvgIpc) is 2.17. The zero-order valence-electron chi connectivity index (χ0n) is 8.60. The van der Waals surface area contributed by atoms with Crippen molar-refractivity contribution in [2.24, 2.45) is 0 Å². The van der Waals surface area contributed by atoms with Gasteiger partial charge in [0.05, 0.1) is 0 Å². The Kier molecular flexibility index (Phi) is 5.83. The van der Waals surface area contributed by atoms with Crippen molar-refractivity contribution < 1.29 is 18.9 Å². The monoisotopic (exact) mass is 394 g/mol. The first kappa shape index (κ1) is 14.5. The number of benzene rings is 2. The van der Waals surface area contributed by atoms with Crippen molar-refractivity contribution in [2.45, 2.75) is 0 Å². The maximum atomic E-state index is 3.54. The summed E-state index contributed by atoms with van der Waals surface area (Å²) < 4.78 is 3.08. The molecule has 0 radical (unpaired) electrons. The summed E-state index contributed by atoms with van der Waals surface area (Å²) in [6.45, 7) is 0. The van der Waals surface area contributed by atoms with Crippen molar-refractivity contribution in [3.63, 3.8) is 0 Å². The van der Waals surface area contributed by atoms with Crippen LogP contribution in [0.4, 0.5) is 0 Å². The fraction of sp³-hybridized carbons (Fsp3) is 0. The van der Waals surface area contributed by atoms with E-state index in [-0.39, 0.29) is 18.9 Å². The van der Waals surface area contributed by atoms with Crippen LogP contribution in [0.1, 0.15) is 0 Å². The molecule has 0 heterocycles. The quantitative estimate of drug-likeness (QED) is 0.513. The van der Waals surface area contributed by atoms with E-state index in [1.54, 1.807) is 0 Å². The molecule has 0 spiro atoms. The van der Waals surface area contributed by atoms with Gasteiger partial charge in [-0.3, -0.25) is 0 Å². The Morgan fingerprint density at radius 3 is 1.94 bits per heavy atom. The summed E-state index contributed by atoms with van der Waals surface area (Å²) in [5, 5.41) is 0. The molecule has 4 heteroatoms. The summed E-state index contributed by atoms with van der Waals surface area (Å²) in [5.41, 5.74) is 2.18. The largest absolute Gasteiger partial charge is 1.00 e. The summed E-state index contributed by atoms with van der Waals surface area (Å²) in [4.78, 5) is 0. The second-order valence-electron chi connectivity index (χ2n) is 3.01. The molecular weight excluding hydrogens is 391 g/mol.